The van der Waals surface area contributed by atoms with Crippen LogP contribution in [-0.4, -0.2) is 59.5 Å². The van der Waals surface area contributed by atoms with Crippen molar-refractivity contribution in [1.29, 1.82) is 0 Å². The molecule has 3 aromatic heterocycles. The summed E-state index contributed by atoms with van der Waals surface area (Å²) in [4.78, 5) is 42.7. The molecule has 11 nitrogen and oxygen atoms in total. The van der Waals surface area contributed by atoms with Crippen molar-refractivity contribution in [2.75, 3.05) is 0 Å². The van der Waals surface area contributed by atoms with Crippen LogP contribution in [0.4, 0.5) is 13.2 Å². The van der Waals surface area contributed by atoms with E-state index < -0.39 is 48.4 Å². The van der Waals surface area contributed by atoms with E-state index in [4.69, 9.17) is 4.98 Å². The molecule has 2 aliphatic carbocycles. The Morgan fingerprint density at radius 1 is 1.20 bits per heavy atom. The van der Waals surface area contributed by atoms with Crippen molar-refractivity contribution in [1.82, 2.24) is 35.0 Å². The minimum atomic E-state index is -4.77. The van der Waals surface area contributed by atoms with Gasteiger partial charge >= 0.3 is 12.1 Å². The molecular formula is C27H30F3N7O4. The number of hydrogen-bond donors (Lipinski definition) is 3. The maximum absolute atomic E-state index is 13.4. The fraction of sp³-hybridized carbons (Fsp3) is 0.556. The number of halogens is 3. The van der Waals surface area contributed by atoms with Gasteiger partial charge in [0.2, 0.25) is 5.91 Å². The highest BCUT2D eigenvalue weighted by atomic mass is 19.4. The van der Waals surface area contributed by atoms with Crippen molar-refractivity contribution in [2.24, 2.45) is 23.2 Å². The van der Waals surface area contributed by atoms with Crippen molar-refractivity contribution in [3.63, 3.8) is 0 Å². The summed E-state index contributed by atoms with van der Waals surface area (Å²) in [5, 5.41) is 23.4. The van der Waals surface area contributed by atoms with E-state index in [1.807, 2.05) is 6.92 Å². The first-order valence-electron chi connectivity index (χ1n) is 13.8. The second-order valence-electron chi connectivity index (χ2n) is 11.4. The van der Waals surface area contributed by atoms with E-state index in [-0.39, 0.29) is 17.5 Å². The Morgan fingerprint density at radius 2 is 1.90 bits per heavy atom. The number of nitrogens with zero attached hydrogens (tertiary/aromatic N) is 5. The number of rotatable bonds is 10. The Balaban J connectivity index is 1.31. The standard InChI is InChI=1S/C27H30F3N7O4/c1-2-36-18(9-10-31-36)23(38)34-22(21(14-3-4-14)15-5-6-15)17-13-37-20(32-17)8-7-16(35-37)11-26(25(40)41)12-19(27(28,29)30)33-24(26)39/h7-10,13-15,19,21-22H,2-6,11-12H2,1H3,(H,33,39)(H,34,38)(H,40,41)/t19-,22?,26?/m0/s1. The lowest BCUT2D eigenvalue weighted by Crippen LogP contribution is -2.41. The fourth-order valence-electron chi connectivity index (χ4n) is 6.14. The van der Waals surface area contributed by atoms with Crippen LogP contribution in [-0.2, 0) is 22.6 Å². The number of amides is 2. The molecule has 0 bridgehead atoms. The normalized spacial score (nSPS) is 23.6. The molecule has 41 heavy (non-hydrogen) atoms. The van der Waals surface area contributed by atoms with Gasteiger partial charge in [0.25, 0.3) is 5.91 Å². The lowest BCUT2D eigenvalue weighted by atomic mass is 9.80. The lowest BCUT2D eigenvalue weighted by molar-refractivity contribution is -0.158. The summed E-state index contributed by atoms with van der Waals surface area (Å²) in [7, 11) is 0. The number of carboxylic acid groups (broad SMARTS) is 1. The summed E-state index contributed by atoms with van der Waals surface area (Å²) >= 11 is 0. The second kappa shape index (κ2) is 9.84. The first-order chi connectivity index (χ1) is 19.5. The molecule has 3 fully saturated rings. The summed E-state index contributed by atoms with van der Waals surface area (Å²) in [5.41, 5.74) is -0.696. The lowest BCUT2D eigenvalue weighted by Gasteiger charge is -2.27. The molecular weight excluding hydrogens is 543 g/mol. The van der Waals surface area contributed by atoms with E-state index in [9.17, 15) is 32.7 Å². The number of alkyl halides is 3. The van der Waals surface area contributed by atoms with Gasteiger partial charge in [-0.1, -0.05) is 0 Å². The third-order valence-corrected chi connectivity index (χ3v) is 8.55. The van der Waals surface area contributed by atoms with Gasteiger partial charge in [-0.2, -0.15) is 23.4 Å². The molecule has 14 heteroatoms. The largest absolute Gasteiger partial charge is 0.480 e. The third-order valence-electron chi connectivity index (χ3n) is 8.55. The molecule has 2 unspecified atom stereocenters. The van der Waals surface area contributed by atoms with Gasteiger partial charge in [0.1, 0.15) is 11.7 Å². The zero-order valence-electron chi connectivity index (χ0n) is 22.3. The number of fused-ring (bicyclic) bond motifs is 1. The molecule has 3 aliphatic rings. The Bertz CT molecular complexity index is 1500. The number of hydrogen-bond acceptors (Lipinski definition) is 6. The van der Waals surface area contributed by atoms with Crippen LogP contribution in [0.3, 0.4) is 0 Å². The molecule has 3 N–H and O–H groups in total. The van der Waals surface area contributed by atoms with E-state index in [2.05, 4.69) is 15.5 Å². The van der Waals surface area contributed by atoms with Crippen LogP contribution in [0.5, 0.6) is 0 Å². The summed E-state index contributed by atoms with van der Waals surface area (Å²) in [6.07, 6.45) is 1.35. The molecule has 4 heterocycles. The van der Waals surface area contributed by atoms with Crippen LogP contribution in [0.2, 0.25) is 0 Å². The van der Waals surface area contributed by atoms with Crippen molar-refractivity contribution >= 4 is 23.4 Å². The molecule has 3 atom stereocenters. The van der Waals surface area contributed by atoms with Gasteiger partial charge in [0, 0.05) is 25.6 Å². The minimum absolute atomic E-state index is 0.134. The molecule has 218 valence electrons. The van der Waals surface area contributed by atoms with E-state index in [0.717, 1.165) is 25.7 Å². The molecule has 0 aromatic carbocycles. The Kier molecular flexibility index (Phi) is 6.53. The summed E-state index contributed by atoms with van der Waals surface area (Å²) in [5.74, 6) is -1.96. The van der Waals surface area contributed by atoms with Gasteiger partial charge in [-0.25, -0.2) is 9.50 Å². The second-order valence-corrected chi connectivity index (χ2v) is 11.4. The van der Waals surface area contributed by atoms with Crippen molar-refractivity contribution in [3.8, 4) is 0 Å². The van der Waals surface area contributed by atoms with Crippen molar-refractivity contribution < 1.29 is 32.7 Å². The number of aryl methyl sites for hydroxylation is 1. The van der Waals surface area contributed by atoms with Crippen molar-refractivity contribution in [2.45, 2.75) is 70.3 Å². The van der Waals surface area contributed by atoms with Gasteiger partial charge in [-0.3, -0.25) is 19.1 Å². The van der Waals surface area contributed by atoms with Gasteiger partial charge in [-0.15, -0.1) is 0 Å². The zero-order chi connectivity index (χ0) is 29.1. The molecule has 0 spiro atoms. The first kappa shape index (κ1) is 27.2. The van der Waals surface area contributed by atoms with Crippen molar-refractivity contribution in [3.05, 3.63) is 47.7 Å². The highest BCUT2D eigenvalue weighted by Crippen LogP contribution is 2.54. The number of aromatic nitrogens is 5. The molecule has 0 radical (unpaired) electrons. The van der Waals surface area contributed by atoms with Crippen LogP contribution in [0.25, 0.3) is 5.65 Å². The monoisotopic (exact) mass is 573 g/mol. The number of imidazole rings is 1. The Morgan fingerprint density at radius 3 is 2.49 bits per heavy atom. The predicted octanol–water partition coefficient (Wildman–Crippen LogP) is 2.92. The number of carboxylic acids is 1. The average Bonchev–Trinajstić information content (AvgIpc) is 3.81. The van der Waals surface area contributed by atoms with Gasteiger partial charge < -0.3 is 15.7 Å². The highest BCUT2D eigenvalue weighted by molar-refractivity contribution is 6.04. The summed E-state index contributed by atoms with van der Waals surface area (Å²) in [6.45, 7) is 2.44. The summed E-state index contributed by atoms with van der Waals surface area (Å²) in [6, 6.07) is 2.08. The van der Waals surface area contributed by atoms with Crippen LogP contribution >= 0.6 is 0 Å². The smallest absolute Gasteiger partial charge is 0.408 e. The summed E-state index contributed by atoms with van der Waals surface area (Å²) < 4.78 is 43.0. The van der Waals surface area contributed by atoms with Crippen LogP contribution < -0.4 is 10.6 Å². The van der Waals surface area contributed by atoms with Gasteiger partial charge in [0.15, 0.2) is 11.1 Å². The van der Waals surface area contributed by atoms with E-state index >= 15 is 0 Å². The van der Waals surface area contributed by atoms with Crippen LogP contribution in [0, 0.1) is 23.2 Å². The first-order valence-corrected chi connectivity index (χ1v) is 13.8. The highest BCUT2D eigenvalue weighted by Gasteiger charge is 2.59. The molecule has 1 aliphatic heterocycles. The predicted molar refractivity (Wildman–Crippen MR) is 136 cm³/mol. The van der Waals surface area contributed by atoms with E-state index in [1.165, 1.54) is 10.6 Å². The quantitative estimate of drug-likeness (QED) is 0.317. The average molecular weight is 574 g/mol. The van der Waals surface area contributed by atoms with Gasteiger partial charge in [-0.05, 0) is 68.6 Å². The number of carbonyl (C=O) groups excluding carboxylic acids is 2. The topological polar surface area (TPSA) is 144 Å². The Hall–Kier alpha value is -3.97. The molecule has 2 saturated carbocycles. The number of nitrogens with one attached hydrogen (secondary N) is 2. The van der Waals surface area contributed by atoms with Crippen LogP contribution in [0.1, 0.15) is 66.9 Å². The molecule has 6 rings (SSSR count). The zero-order valence-corrected chi connectivity index (χ0v) is 22.3. The Labute approximate surface area is 232 Å². The van der Waals surface area contributed by atoms with E-state index in [1.54, 1.807) is 34.5 Å². The molecule has 3 aromatic rings. The third kappa shape index (κ3) is 5.04. The maximum Gasteiger partial charge on any atom is 0.408 e. The fourth-order valence-corrected chi connectivity index (χ4v) is 6.14. The minimum Gasteiger partial charge on any atom is -0.480 e. The molecule has 2 amide bonds. The van der Waals surface area contributed by atoms with Crippen LogP contribution in [0.15, 0.2) is 30.6 Å². The number of carbonyl (C=O) groups is 3. The SMILES string of the molecule is CCn1nccc1C(=O)NC(c1cn2nc(CC3(C(=O)O)C[C@@H](C(F)(F)F)NC3=O)ccc2n1)C(C1CC1)C1CC1. The maximum atomic E-state index is 13.4. The van der Waals surface area contributed by atoms with Gasteiger partial charge in [0.05, 0.1) is 23.6 Å². The van der Waals surface area contributed by atoms with E-state index in [0.29, 0.717) is 35.4 Å². The molecule has 1 saturated heterocycles. The number of aliphatic carboxylic acids is 1.